The van der Waals surface area contributed by atoms with E-state index in [0.29, 0.717) is 10.8 Å². The molecule has 7 atom stereocenters. The Kier molecular flexibility index (Phi) is 3.13. The zero-order chi connectivity index (χ0) is 14.8. The van der Waals surface area contributed by atoms with Gasteiger partial charge in [0, 0.05) is 0 Å². The van der Waals surface area contributed by atoms with E-state index < -0.39 is 0 Å². The smallest absolute Gasteiger partial charge is 0.0551 e. The fourth-order valence-electron chi connectivity index (χ4n) is 7.00. The van der Waals surface area contributed by atoms with Gasteiger partial charge in [0.05, 0.1) is 6.10 Å². The lowest BCUT2D eigenvalue weighted by atomic mass is 9.47. The fraction of sp³-hybridized carbons (Fsp3) is 0.900. The molecule has 0 bridgehead atoms. The molecule has 118 valence electrons. The Bertz CT molecular complexity index is 466. The first kappa shape index (κ1) is 14.3. The molecule has 4 aliphatic carbocycles. The van der Waals surface area contributed by atoms with Gasteiger partial charge in [-0.25, -0.2) is 0 Å². The van der Waals surface area contributed by atoms with Gasteiger partial charge in [0.2, 0.25) is 0 Å². The van der Waals surface area contributed by atoms with Crippen molar-refractivity contribution in [3.05, 3.63) is 11.6 Å². The molecule has 1 heteroatoms. The number of rotatable bonds is 0. The molecule has 0 aliphatic heterocycles. The van der Waals surface area contributed by atoms with Crippen molar-refractivity contribution >= 4 is 0 Å². The number of aliphatic hydroxyl groups excluding tert-OH is 1. The van der Waals surface area contributed by atoms with E-state index in [1.807, 2.05) is 0 Å². The van der Waals surface area contributed by atoms with Crippen LogP contribution in [-0.4, -0.2) is 11.2 Å². The molecule has 4 aliphatic rings. The van der Waals surface area contributed by atoms with Gasteiger partial charge in [0.15, 0.2) is 0 Å². The van der Waals surface area contributed by atoms with E-state index in [4.69, 9.17) is 0 Å². The minimum atomic E-state index is -0.0540. The Morgan fingerprint density at radius 1 is 1.10 bits per heavy atom. The highest BCUT2D eigenvalue weighted by atomic mass is 16.3. The summed E-state index contributed by atoms with van der Waals surface area (Å²) in [6.45, 7) is 7.57. The third kappa shape index (κ3) is 1.85. The van der Waals surface area contributed by atoms with Gasteiger partial charge in [-0.15, -0.1) is 0 Å². The molecule has 0 radical (unpaired) electrons. The number of aliphatic hydroxyl groups is 1. The van der Waals surface area contributed by atoms with Crippen LogP contribution in [0.5, 0.6) is 0 Å². The second kappa shape index (κ2) is 4.60. The highest BCUT2D eigenvalue weighted by Gasteiger charge is 2.57. The molecule has 3 saturated carbocycles. The summed E-state index contributed by atoms with van der Waals surface area (Å²) < 4.78 is 0. The molecule has 0 aromatic heterocycles. The largest absolute Gasteiger partial charge is 0.393 e. The van der Waals surface area contributed by atoms with Gasteiger partial charge in [0.25, 0.3) is 0 Å². The van der Waals surface area contributed by atoms with E-state index in [1.165, 1.54) is 32.1 Å². The quantitative estimate of drug-likeness (QED) is 0.626. The van der Waals surface area contributed by atoms with Gasteiger partial charge in [-0.2, -0.15) is 0 Å². The summed E-state index contributed by atoms with van der Waals surface area (Å²) in [6.07, 6.45) is 12.8. The number of hydrogen-bond donors (Lipinski definition) is 1. The van der Waals surface area contributed by atoms with Crippen molar-refractivity contribution in [2.24, 2.45) is 34.5 Å². The number of hydrogen-bond acceptors (Lipinski definition) is 1. The summed E-state index contributed by atoms with van der Waals surface area (Å²) in [5.74, 6) is 3.60. The normalized spacial score (nSPS) is 56.2. The van der Waals surface area contributed by atoms with Crippen molar-refractivity contribution in [2.75, 3.05) is 0 Å². The maximum Gasteiger partial charge on any atom is 0.0551 e. The van der Waals surface area contributed by atoms with E-state index in [9.17, 15) is 5.11 Å². The SMILES string of the molecule is CC1CC[C@H]2[C@@H]3CC=C4CCC(O)C[C@]4(C)[C@@H]3CC[C@]12C. The molecule has 0 saturated heterocycles. The number of allylic oxidation sites excluding steroid dienone is 2. The first-order valence-electron chi connectivity index (χ1n) is 9.33. The van der Waals surface area contributed by atoms with Crippen molar-refractivity contribution < 1.29 is 5.11 Å². The van der Waals surface area contributed by atoms with Gasteiger partial charge in [-0.3, -0.25) is 0 Å². The minimum Gasteiger partial charge on any atom is -0.393 e. The Morgan fingerprint density at radius 2 is 1.90 bits per heavy atom. The van der Waals surface area contributed by atoms with Crippen LogP contribution >= 0.6 is 0 Å². The predicted octanol–water partition coefficient (Wildman–Crippen LogP) is 4.95. The van der Waals surface area contributed by atoms with Crippen LogP contribution in [0.3, 0.4) is 0 Å². The van der Waals surface area contributed by atoms with Crippen molar-refractivity contribution in [1.82, 2.24) is 0 Å². The molecule has 3 fully saturated rings. The summed E-state index contributed by atoms with van der Waals surface area (Å²) in [7, 11) is 0. The number of fused-ring (bicyclic) bond motifs is 5. The van der Waals surface area contributed by atoms with Gasteiger partial charge in [0.1, 0.15) is 0 Å². The van der Waals surface area contributed by atoms with Crippen molar-refractivity contribution in [3.63, 3.8) is 0 Å². The first-order chi connectivity index (χ1) is 9.95. The second-order valence-electron chi connectivity index (χ2n) is 9.18. The lowest BCUT2D eigenvalue weighted by Gasteiger charge is -2.58. The average Bonchev–Trinajstić information content (AvgIpc) is 2.74. The fourth-order valence-corrected chi connectivity index (χ4v) is 7.00. The predicted molar refractivity (Wildman–Crippen MR) is 86.9 cm³/mol. The first-order valence-corrected chi connectivity index (χ1v) is 9.33. The Morgan fingerprint density at radius 3 is 2.71 bits per heavy atom. The summed E-state index contributed by atoms with van der Waals surface area (Å²) in [6, 6.07) is 0. The average molecular weight is 288 g/mol. The van der Waals surface area contributed by atoms with Crippen molar-refractivity contribution in [3.8, 4) is 0 Å². The molecule has 4 rings (SSSR count). The van der Waals surface area contributed by atoms with Crippen molar-refractivity contribution in [1.29, 1.82) is 0 Å². The lowest BCUT2D eigenvalue weighted by Crippen LogP contribution is -2.50. The molecule has 0 aromatic rings. The summed E-state index contributed by atoms with van der Waals surface area (Å²) in [5, 5.41) is 10.3. The Hall–Kier alpha value is -0.300. The van der Waals surface area contributed by atoms with Crippen LogP contribution in [0.2, 0.25) is 0 Å². The van der Waals surface area contributed by atoms with E-state index in [0.717, 1.165) is 42.9 Å². The maximum atomic E-state index is 10.3. The lowest BCUT2D eigenvalue weighted by molar-refractivity contribution is -0.0550. The van der Waals surface area contributed by atoms with Crippen LogP contribution in [0, 0.1) is 34.5 Å². The van der Waals surface area contributed by atoms with Crippen LogP contribution in [-0.2, 0) is 0 Å². The molecule has 0 heterocycles. The van der Waals surface area contributed by atoms with Crippen molar-refractivity contribution in [2.45, 2.75) is 78.2 Å². The molecular formula is C20H32O. The van der Waals surface area contributed by atoms with E-state index in [1.54, 1.807) is 5.57 Å². The molecule has 1 N–H and O–H groups in total. The molecule has 1 nitrogen and oxygen atoms in total. The van der Waals surface area contributed by atoms with Crippen LogP contribution in [0.1, 0.15) is 72.1 Å². The molecule has 21 heavy (non-hydrogen) atoms. The zero-order valence-corrected chi connectivity index (χ0v) is 14.1. The monoisotopic (exact) mass is 288 g/mol. The minimum absolute atomic E-state index is 0.0540. The molecule has 0 amide bonds. The van der Waals surface area contributed by atoms with Gasteiger partial charge in [-0.1, -0.05) is 32.4 Å². The highest BCUT2D eigenvalue weighted by molar-refractivity contribution is 5.25. The molecule has 0 aromatic carbocycles. The highest BCUT2D eigenvalue weighted by Crippen LogP contribution is 2.66. The van der Waals surface area contributed by atoms with E-state index in [-0.39, 0.29) is 6.10 Å². The molecule has 0 spiro atoms. The van der Waals surface area contributed by atoms with Crippen LogP contribution < -0.4 is 0 Å². The third-order valence-electron chi connectivity index (χ3n) is 8.51. The third-order valence-corrected chi connectivity index (χ3v) is 8.51. The second-order valence-corrected chi connectivity index (χ2v) is 9.18. The zero-order valence-electron chi connectivity index (χ0n) is 14.1. The summed E-state index contributed by atoms with van der Waals surface area (Å²) >= 11 is 0. The van der Waals surface area contributed by atoms with E-state index >= 15 is 0 Å². The van der Waals surface area contributed by atoms with Gasteiger partial charge >= 0.3 is 0 Å². The molecule has 2 unspecified atom stereocenters. The van der Waals surface area contributed by atoms with Crippen LogP contribution in [0.4, 0.5) is 0 Å². The molecular weight excluding hydrogens is 256 g/mol. The topological polar surface area (TPSA) is 20.2 Å². The standard InChI is InChI=1S/C20H32O/c1-13-4-9-17-16-8-6-14-5-7-15(21)12-20(14,3)18(16)10-11-19(13,17)2/h6,13,15-18,21H,4-5,7-12H2,1-3H3/t13?,15?,16-,17-,18+,19+,20-/m0/s1. The van der Waals surface area contributed by atoms with Crippen LogP contribution in [0.25, 0.3) is 0 Å². The Balaban J connectivity index is 1.69. The summed E-state index contributed by atoms with van der Waals surface area (Å²) in [4.78, 5) is 0. The van der Waals surface area contributed by atoms with Gasteiger partial charge in [-0.05, 0) is 85.9 Å². The van der Waals surface area contributed by atoms with Gasteiger partial charge < -0.3 is 5.11 Å². The maximum absolute atomic E-state index is 10.3. The van der Waals surface area contributed by atoms with Crippen LogP contribution in [0.15, 0.2) is 11.6 Å². The van der Waals surface area contributed by atoms with E-state index in [2.05, 4.69) is 26.8 Å². The Labute approximate surface area is 130 Å². The summed E-state index contributed by atoms with van der Waals surface area (Å²) in [5.41, 5.74) is 2.62.